The molecule has 26 heavy (non-hydrogen) atoms. The number of nitrogens with zero attached hydrogens (tertiary/aromatic N) is 3. The number of benzene rings is 2. The van der Waals surface area contributed by atoms with Crippen molar-refractivity contribution in [3.63, 3.8) is 0 Å². The monoisotopic (exact) mass is 370 g/mol. The van der Waals surface area contributed by atoms with Crippen LogP contribution in [0.1, 0.15) is 15.9 Å². The fourth-order valence-corrected chi connectivity index (χ4v) is 3.20. The summed E-state index contributed by atoms with van der Waals surface area (Å²) in [4.78, 5) is 12.8. The molecule has 1 N–H and O–H groups in total. The molecule has 134 valence electrons. The third-order valence-electron chi connectivity index (χ3n) is 3.97. The highest BCUT2D eigenvalue weighted by molar-refractivity contribution is 7.90. The van der Waals surface area contributed by atoms with Crippen molar-refractivity contribution in [2.75, 3.05) is 11.6 Å². The number of carbonyl (C=O) groups excluding carboxylic acids is 1. The van der Waals surface area contributed by atoms with Crippen molar-refractivity contribution in [1.82, 2.24) is 14.8 Å². The average Bonchev–Trinajstić information content (AvgIpc) is 3.00. The van der Waals surface area contributed by atoms with Crippen molar-refractivity contribution in [1.29, 1.82) is 0 Å². The number of aryl methyl sites for hydroxylation is 2. The molecule has 0 aliphatic heterocycles. The number of amides is 1. The summed E-state index contributed by atoms with van der Waals surface area (Å²) < 4.78 is 25.3. The molecule has 0 atom stereocenters. The van der Waals surface area contributed by atoms with Gasteiger partial charge < -0.3 is 9.88 Å². The summed E-state index contributed by atoms with van der Waals surface area (Å²) in [6.07, 6.45) is 2.71. The number of rotatable bonds is 4. The molecule has 2 aromatic carbocycles. The molecule has 0 radical (unpaired) electrons. The van der Waals surface area contributed by atoms with Crippen LogP contribution in [0.4, 0.5) is 5.69 Å². The van der Waals surface area contributed by atoms with Crippen molar-refractivity contribution in [3.05, 3.63) is 59.9 Å². The van der Waals surface area contributed by atoms with Crippen LogP contribution in [0.2, 0.25) is 0 Å². The number of aromatic nitrogens is 3. The zero-order valence-corrected chi connectivity index (χ0v) is 15.4. The van der Waals surface area contributed by atoms with Gasteiger partial charge in [-0.1, -0.05) is 18.2 Å². The van der Waals surface area contributed by atoms with E-state index in [0.717, 1.165) is 11.8 Å². The van der Waals surface area contributed by atoms with Crippen LogP contribution >= 0.6 is 0 Å². The predicted octanol–water partition coefficient (Wildman–Crippen LogP) is 2.45. The number of sulfone groups is 1. The Morgan fingerprint density at radius 2 is 1.92 bits per heavy atom. The molecular weight excluding hydrogens is 352 g/mol. The smallest absolute Gasteiger partial charge is 0.255 e. The molecule has 1 heterocycles. The summed E-state index contributed by atoms with van der Waals surface area (Å²) >= 11 is 0. The van der Waals surface area contributed by atoms with Gasteiger partial charge >= 0.3 is 0 Å². The van der Waals surface area contributed by atoms with E-state index in [1.54, 1.807) is 42.1 Å². The number of hydrogen-bond acceptors (Lipinski definition) is 5. The standard InChI is InChI=1S/C18H18N4O3S/c1-12-7-8-15(26(3,24)25)10-16(12)18(23)20-14-6-4-5-13(9-14)17-21-19-11-22(17)2/h4-11H,1-3H3,(H,20,23). The van der Waals surface area contributed by atoms with Crippen LogP contribution in [-0.4, -0.2) is 35.3 Å². The van der Waals surface area contributed by atoms with E-state index in [1.807, 2.05) is 13.1 Å². The van der Waals surface area contributed by atoms with E-state index in [2.05, 4.69) is 15.5 Å². The number of carbonyl (C=O) groups is 1. The maximum atomic E-state index is 12.6. The van der Waals surface area contributed by atoms with E-state index in [9.17, 15) is 13.2 Å². The largest absolute Gasteiger partial charge is 0.322 e. The number of anilines is 1. The molecule has 3 aromatic rings. The minimum Gasteiger partial charge on any atom is -0.322 e. The molecular formula is C18H18N4O3S. The molecule has 0 unspecified atom stereocenters. The van der Waals surface area contributed by atoms with Gasteiger partial charge in [-0.2, -0.15) is 0 Å². The van der Waals surface area contributed by atoms with Gasteiger partial charge in [-0.25, -0.2) is 8.42 Å². The van der Waals surface area contributed by atoms with Crippen LogP contribution in [0.3, 0.4) is 0 Å². The quantitative estimate of drug-likeness (QED) is 0.761. The second-order valence-electron chi connectivity index (χ2n) is 6.05. The lowest BCUT2D eigenvalue weighted by Crippen LogP contribution is -2.14. The van der Waals surface area contributed by atoms with Gasteiger partial charge in [0.15, 0.2) is 15.7 Å². The minimum atomic E-state index is -3.39. The summed E-state index contributed by atoms with van der Waals surface area (Å²) in [5.74, 6) is 0.305. The zero-order valence-electron chi connectivity index (χ0n) is 14.6. The first-order chi connectivity index (χ1) is 12.3. The molecule has 0 aliphatic rings. The van der Waals surface area contributed by atoms with Crippen LogP contribution in [0.5, 0.6) is 0 Å². The lowest BCUT2D eigenvalue weighted by atomic mass is 10.1. The van der Waals surface area contributed by atoms with E-state index >= 15 is 0 Å². The SMILES string of the molecule is Cc1ccc(S(C)(=O)=O)cc1C(=O)Nc1cccc(-c2nncn2C)c1. The maximum absolute atomic E-state index is 12.6. The molecule has 0 saturated heterocycles. The predicted molar refractivity (Wildman–Crippen MR) is 98.7 cm³/mol. The van der Waals surface area contributed by atoms with Gasteiger partial charge in [0.05, 0.1) is 4.90 Å². The second kappa shape index (κ2) is 6.72. The Morgan fingerprint density at radius 3 is 2.58 bits per heavy atom. The van der Waals surface area contributed by atoms with Crippen LogP contribution in [0.15, 0.2) is 53.7 Å². The summed E-state index contributed by atoms with van der Waals surface area (Å²) in [5.41, 5.74) is 2.40. The first-order valence-electron chi connectivity index (χ1n) is 7.82. The number of nitrogens with one attached hydrogen (secondary N) is 1. The van der Waals surface area contributed by atoms with Crippen LogP contribution in [-0.2, 0) is 16.9 Å². The summed E-state index contributed by atoms with van der Waals surface area (Å²) in [7, 11) is -1.55. The fraction of sp³-hybridized carbons (Fsp3) is 0.167. The molecule has 7 nitrogen and oxygen atoms in total. The van der Waals surface area contributed by atoms with Gasteiger partial charge in [0, 0.05) is 30.1 Å². The molecule has 0 bridgehead atoms. The Kier molecular flexibility index (Phi) is 4.60. The van der Waals surface area contributed by atoms with E-state index in [4.69, 9.17) is 0 Å². The Balaban J connectivity index is 1.91. The first-order valence-corrected chi connectivity index (χ1v) is 9.71. The summed E-state index contributed by atoms with van der Waals surface area (Å²) in [6.45, 7) is 1.76. The highest BCUT2D eigenvalue weighted by Gasteiger charge is 2.15. The van der Waals surface area contributed by atoms with E-state index in [0.29, 0.717) is 22.6 Å². The lowest BCUT2D eigenvalue weighted by Gasteiger charge is -2.10. The van der Waals surface area contributed by atoms with E-state index < -0.39 is 9.84 Å². The van der Waals surface area contributed by atoms with Gasteiger partial charge in [0.2, 0.25) is 0 Å². The Bertz CT molecular complexity index is 1090. The molecule has 0 saturated carbocycles. The Labute approximate surface area is 151 Å². The summed E-state index contributed by atoms with van der Waals surface area (Å²) in [6, 6.07) is 11.7. The third-order valence-corrected chi connectivity index (χ3v) is 5.08. The minimum absolute atomic E-state index is 0.112. The van der Waals surface area contributed by atoms with Gasteiger partial charge in [-0.3, -0.25) is 4.79 Å². The fourth-order valence-electron chi connectivity index (χ4n) is 2.56. The van der Waals surface area contributed by atoms with E-state index in [1.165, 1.54) is 12.1 Å². The normalized spacial score (nSPS) is 11.3. The molecule has 0 fully saturated rings. The van der Waals surface area contributed by atoms with Crippen molar-refractivity contribution in [2.45, 2.75) is 11.8 Å². The van der Waals surface area contributed by atoms with Gasteiger partial charge in [0.25, 0.3) is 5.91 Å². The summed E-state index contributed by atoms with van der Waals surface area (Å²) in [5, 5.41) is 10.7. The third kappa shape index (κ3) is 3.65. The molecule has 8 heteroatoms. The Morgan fingerprint density at radius 1 is 1.15 bits per heavy atom. The highest BCUT2D eigenvalue weighted by atomic mass is 32.2. The second-order valence-corrected chi connectivity index (χ2v) is 8.07. The maximum Gasteiger partial charge on any atom is 0.255 e. The lowest BCUT2D eigenvalue weighted by molar-refractivity contribution is 0.102. The molecule has 1 aromatic heterocycles. The first kappa shape index (κ1) is 17.8. The Hall–Kier alpha value is -3.00. The van der Waals surface area contributed by atoms with Gasteiger partial charge in [-0.05, 0) is 36.8 Å². The van der Waals surface area contributed by atoms with Crippen LogP contribution in [0, 0.1) is 6.92 Å². The number of hydrogen-bond donors (Lipinski definition) is 1. The highest BCUT2D eigenvalue weighted by Crippen LogP contribution is 2.22. The van der Waals surface area contributed by atoms with Crippen molar-refractivity contribution < 1.29 is 13.2 Å². The zero-order chi connectivity index (χ0) is 18.9. The van der Waals surface area contributed by atoms with Crippen molar-refractivity contribution in [2.24, 2.45) is 7.05 Å². The van der Waals surface area contributed by atoms with Gasteiger partial charge in [0.1, 0.15) is 6.33 Å². The van der Waals surface area contributed by atoms with Crippen molar-refractivity contribution in [3.8, 4) is 11.4 Å². The van der Waals surface area contributed by atoms with Crippen molar-refractivity contribution >= 4 is 21.4 Å². The van der Waals surface area contributed by atoms with Gasteiger partial charge in [-0.15, -0.1) is 10.2 Å². The van der Waals surface area contributed by atoms with Crippen LogP contribution in [0.25, 0.3) is 11.4 Å². The molecule has 3 rings (SSSR count). The topological polar surface area (TPSA) is 93.9 Å². The average molecular weight is 370 g/mol. The molecule has 0 spiro atoms. The van der Waals surface area contributed by atoms with E-state index in [-0.39, 0.29) is 10.8 Å². The van der Waals surface area contributed by atoms with Crippen LogP contribution < -0.4 is 5.32 Å². The molecule has 1 amide bonds. The molecule has 0 aliphatic carbocycles.